The Bertz CT molecular complexity index is 1050. The van der Waals surface area contributed by atoms with E-state index in [4.69, 9.17) is 4.74 Å². The van der Waals surface area contributed by atoms with E-state index >= 15 is 0 Å². The molecule has 0 amide bonds. The zero-order valence-electron chi connectivity index (χ0n) is 15.3. The second-order valence-corrected chi connectivity index (χ2v) is 6.80. The topological polar surface area (TPSA) is 46.5 Å². The molecule has 4 rings (SSSR count). The Kier molecular flexibility index (Phi) is 4.28. The number of rotatable bonds is 3. The lowest BCUT2D eigenvalue weighted by Gasteiger charge is -2.30. The zero-order valence-corrected chi connectivity index (χ0v) is 15.3. The molecule has 0 spiro atoms. The van der Waals surface area contributed by atoms with Crippen LogP contribution in [-0.2, 0) is 4.79 Å². The summed E-state index contributed by atoms with van der Waals surface area (Å²) in [5, 5.41) is 11.0. The Morgan fingerprint density at radius 3 is 2.30 bits per heavy atom. The van der Waals surface area contributed by atoms with Crippen LogP contribution >= 0.6 is 0 Å². The number of aryl methyl sites for hydroxylation is 1. The number of aliphatic hydroxyl groups excluding tert-OH is 1. The number of allylic oxidation sites excluding steroid dienone is 1. The number of aliphatic hydroxyl groups is 1. The van der Waals surface area contributed by atoms with Crippen molar-refractivity contribution in [3.63, 3.8) is 0 Å². The van der Waals surface area contributed by atoms with Gasteiger partial charge in [-0.1, -0.05) is 66.2 Å². The summed E-state index contributed by atoms with van der Waals surface area (Å²) in [4.78, 5) is 12.7. The van der Waals surface area contributed by atoms with E-state index in [2.05, 4.69) is 0 Å². The van der Waals surface area contributed by atoms with Gasteiger partial charge in [0, 0.05) is 28.2 Å². The van der Waals surface area contributed by atoms with Gasteiger partial charge in [0.15, 0.2) is 5.78 Å². The Labute approximate surface area is 158 Å². The van der Waals surface area contributed by atoms with E-state index in [1.165, 1.54) is 6.92 Å². The van der Waals surface area contributed by atoms with E-state index in [9.17, 15) is 9.90 Å². The Hall–Kier alpha value is -3.33. The van der Waals surface area contributed by atoms with Gasteiger partial charge in [0.05, 0.1) is 0 Å². The molecule has 1 aliphatic heterocycles. The maximum atomic E-state index is 12.7. The zero-order chi connectivity index (χ0) is 19.0. The Morgan fingerprint density at radius 1 is 0.889 bits per heavy atom. The van der Waals surface area contributed by atoms with Crippen LogP contribution < -0.4 is 4.74 Å². The molecular formula is C24H20O3. The van der Waals surface area contributed by atoms with Gasteiger partial charge in [-0.3, -0.25) is 4.79 Å². The molecule has 3 aromatic carbocycles. The molecule has 1 N–H and O–H groups in total. The van der Waals surface area contributed by atoms with Crippen molar-refractivity contribution in [2.24, 2.45) is 0 Å². The van der Waals surface area contributed by atoms with Crippen molar-refractivity contribution in [2.75, 3.05) is 0 Å². The van der Waals surface area contributed by atoms with Gasteiger partial charge in [-0.2, -0.15) is 0 Å². The maximum absolute atomic E-state index is 12.7. The maximum Gasteiger partial charge on any atom is 0.160 e. The monoisotopic (exact) mass is 356 g/mol. The number of hydrogen-bond donors (Lipinski definition) is 1. The second-order valence-electron chi connectivity index (χ2n) is 6.80. The number of hydrogen-bond acceptors (Lipinski definition) is 3. The molecule has 1 atom stereocenters. The largest absolute Gasteiger partial charge is 0.507 e. The number of carbonyl (C=O) groups excluding carboxylic acids is 1. The summed E-state index contributed by atoms with van der Waals surface area (Å²) in [5.41, 5.74) is 3.85. The predicted octanol–water partition coefficient (Wildman–Crippen LogP) is 5.79. The number of Topliss-reactive ketones (excluding diaryl/α,β-unsaturated/α-hetero) is 1. The van der Waals surface area contributed by atoms with Gasteiger partial charge in [0.2, 0.25) is 0 Å². The van der Waals surface area contributed by atoms with Gasteiger partial charge < -0.3 is 9.84 Å². The molecule has 0 bridgehead atoms. The van der Waals surface area contributed by atoms with Crippen molar-refractivity contribution >= 4 is 11.5 Å². The van der Waals surface area contributed by atoms with Crippen LogP contribution in [-0.4, -0.2) is 10.9 Å². The van der Waals surface area contributed by atoms with Gasteiger partial charge in [-0.05, 0) is 26.0 Å². The number of fused-ring (bicyclic) bond motifs is 2. The van der Waals surface area contributed by atoms with Gasteiger partial charge >= 0.3 is 0 Å². The molecule has 0 unspecified atom stereocenters. The molecule has 3 heteroatoms. The highest BCUT2D eigenvalue weighted by Gasteiger charge is 2.34. The SMILES string of the molecule is CC(=O)C(=C(O)c1ccccc1)[C@@H]1c2ccccc2Oc2ccc(C)cc21. The third-order valence-corrected chi connectivity index (χ3v) is 4.90. The lowest BCUT2D eigenvalue weighted by molar-refractivity contribution is -0.113. The van der Waals surface area contributed by atoms with Crippen molar-refractivity contribution < 1.29 is 14.6 Å². The number of ether oxygens (including phenoxy) is 1. The number of ketones is 1. The minimum absolute atomic E-state index is 0.0114. The minimum Gasteiger partial charge on any atom is -0.507 e. The first-order chi connectivity index (χ1) is 13.1. The fourth-order valence-corrected chi connectivity index (χ4v) is 3.65. The summed E-state index contributed by atoms with van der Waals surface area (Å²) in [6, 6.07) is 22.8. The average Bonchev–Trinajstić information content (AvgIpc) is 2.68. The van der Waals surface area contributed by atoms with Crippen LogP contribution in [0.3, 0.4) is 0 Å². The van der Waals surface area contributed by atoms with Crippen LogP contribution in [0, 0.1) is 6.92 Å². The van der Waals surface area contributed by atoms with E-state index in [1.807, 2.05) is 67.6 Å². The summed E-state index contributed by atoms with van der Waals surface area (Å²) >= 11 is 0. The Morgan fingerprint density at radius 2 is 1.56 bits per heavy atom. The third kappa shape index (κ3) is 3.02. The average molecular weight is 356 g/mol. The molecule has 3 nitrogen and oxygen atoms in total. The fraction of sp³-hybridized carbons (Fsp3) is 0.125. The van der Waals surface area contributed by atoms with Gasteiger partial charge in [-0.15, -0.1) is 0 Å². The predicted molar refractivity (Wildman–Crippen MR) is 106 cm³/mol. The molecule has 3 aromatic rings. The highest BCUT2D eigenvalue weighted by Crippen LogP contribution is 2.48. The van der Waals surface area contributed by atoms with Crippen molar-refractivity contribution in [1.29, 1.82) is 0 Å². The molecule has 0 saturated heterocycles. The molecule has 0 aliphatic carbocycles. The fourth-order valence-electron chi connectivity index (χ4n) is 3.65. The highest BCUT2D eigenvalue weighted by molar-refractivity contribution is 6.02. The molecule has 134 valence electrons. The lowest BCUT2D eigenvalue weighted by atomic mass is 9.79. The third-order valence-electron chi connectivity index (χ3n) is 4.90. The summed E-state index contributed by atoms with van der Waals surface area (Å²) in [6.45, 7) is 3.51. The molecule has 1 aliphatic rings. The van der Waals surface area contributed by atoms with Crippen LogP contribution in [0.25, 0.3) is 5.76 Å². The quantitative estimate of drug-likeness (QED) is 0.477. The van der Waals surface area contributed by atoms with Crippen LogP contribution in [0.2, 0.25) is 0 Å². The summed E-state index contributed by atoms with van der Waals surface area (Å²) in [6.07, 6.45) is 0. The first-order valence-corrected chi connectivity index (χ1v) is 8.93. The minimum atomic E-state index is -0.387. The van der Waals surface area contributed by atoms with Crippen LogP contribution in [0.1, 0.15) is 35.1 Å². The summed E-state index contributed by atoms with van der Waals surface area (Å²) in [5.74, 6) is 0.882. The second kappa shape index (κ2) is 6.76. The normalized spacial score (nSPS) is 15.9. The number of carbonyl (C=O) groups is 1. The first kappa shape index (κ1) is 17.1. The molecule has 0 radical (unpaired) electrons. The van der Waals surface area contributed by atoms with Crippen LogP contribution in [0.15, 0.2) is 78.4 Å². The van der Waals surface area contributed by atoms with Crippen LogP contribution in [0.4, 0.5) is 0 Å². The van der Waals surface area contributed by atoms with E-state index in [-0.39, 0.29) is 17.5 Å². The smallest absolute Gasteiger partial charge is 0.160 e. The first-order valence-electron chi connectivity index (χ1n) is 8.93. The summed E-state index contributed by atoms with van der Waals surface area (Å²) < 4.78 is 6.06. The van der Waals surface area contributed by atoms with Gasteiger partial charge in [0.25, 0.3) is 0 Å². The number of benzene rings is 3. The molecule has 0 fully saturated rings. The van der Waals surface area contributed by atoms with E-state index in [1.54, 1.807) is 12.1 Å². The van der Waals surface area contributed by atoms with Crippen LogP contribution in [0.5, 0.6) is 11.5 Å². The van der Waals surface area contributed by atoms with E-state index < -0.39 is 0 Å². The van der Waals surface area contributed by atoms with Gasteiger partial charge in [-0.25, -0.2) is 0 Å². The molecular weight excluding hydrogens is 336 g/mol. The Balaban J connectivity index is 2.01. The van der Waals surface area contributed by atoms with E-state index in [0.29, 0.717) is 22.6 Å². The highest BCUT2D eigenvalue weighted by atomic mass is 16.5. The van der Waals surface area contributed by atoms with Crippen molar-refractivity contribution in [2.45, 2.75) is 19.8 Å². The molecule has 1 heterocycles. The number of para-hydroxylation sites is 1. The standard InChI is InChI=1S/C24H20O3/c1-15-12-13-21-19(14-15)23(18-10-6-7-11-20(18)27-21)22(16(2)25)24(26)17-8-4-3-5-9-17/h3-14,23,26H,1-2H3/t23-/m1/s1. The van der Waals surface area contributed by atoms with E-state index in [0.717, 1.165) is 16.7 Å². The molecule has 0 aromatic heterocycles. The lowest BCUT2D eigenvalue weighted by Crippen LogP contribution is -2.18. The molecule has 27 heavy (non-hydrogen) atoms. The van der Waals surface area contributed by atoms with Crippen molar-refractivity contribution in [1.82, 2.24) is 0 Å². The molecule has 0 saturated carbocycles. The van der Waals surface area contributed by atoms with Crippen molar-refractivity contribution in [3.8, 4) is 11.5 Å². The van der Waals surface area contributed by atoms with Crippen molar-refractivity contribution in [3.05, 3.63) is 101 Å². The summed E-state index contributed by atoms with van der Waals surface area (Å²) in [7, 11) is 0. The van der Waals surface area contributed by atoms with Gasteiger partial charge in [0.1, 0.15) is 17.3 Å².